The molecular weight excluding hydrogens is 152 g/mol. The minimum Gasteiger partial charge on any atom is -0.299 e. The molecule has 1 heterocycles. The lowest BCUT2D eigenvalue weighted by Gasteiger charge is -1.92. The Morgan fingerprint density at radius 2 is 2.08 bits per heavy atom. The second-order valence-electron chi connectivity index (χ2n) is 2.70. The molecule has 0 aliphatic rings. The number of aldehydes is 1. The van der Waals surface area contributed by atoms with Crippen LogP contribution in [0.5, 0.6) is 0 Å². The van der Waals surface area contributed by atoms with E-state index in [4.69, 9.17) is 0 Å². The van der Waals surface area contributed by atoms with E-state index in [1.165, 1.54) is 6.08 Å². The molecule has 12 heavy (non-hydrogen) atoms. The van der Waals surface area contributed by atoms with Crippen molar-refractivity contribution >= 4 is 12.4 Å². The Hall–Kier alpha value is -1.38. The Kier molecular flexibility index (Phi) is 2.43. The fourth-order valence-electron chi connectivity index (χ4n) is 1.17. The number of aromatic nitrogens is 2. The van der Waals surface area contributed by atoms with Gasteiger partial charge in [-0.15, -0.1) is 0 Å². The van der Waals surface area contributed by atoms with E-state index >= 15 is 0 Å². The molecule has 0 fully saturated rings. The lowest BCUT2D eigenvalue weighted by atomic mass is 10.2. The number of carbonyl (C=O) groups is 1. The van der Waals surface area contributed by atoms with Gasteiger partial charge >= 0.3 is 0 Å². The first-order chi connectivity index (χ1) is 5.66. The molecule has 64 valence electrons. The summed E-state index contributed by atoms with van der Waals surface area (Å²) in [5.41, 5.74) is 3.06. The molecule has 0 spiro atoms. The monoisotopic (exact) mass is 164 g/mol. The molecule has 1 rings (SSSR count). The van der Waals surface area contributed by atoms with Gasteiger partial charge in [0.05, 0.1) is 5.69 Å². The maximum Gasteiger partial charge on any atom is 0.142 e. The zero-order chi connectivity index (χ0) is 9.14. The van der Waals surface area contributed by atoms with Gasteiger partial charge < -0.3 is 0 Å². The SMILES string of the molecule is Cc1nn(C)c(C)c1C=CC=O. The molecule has 3 heteroatoms. The summed E-state index contributed by atoms with van der Waals surface area (Å²) < 4.78 is 1.81. The van der Waals surface area contributed by atoms with Crippen LogP contribution in [0.4, 0.5) is 0 Å². The van der Waals surface area contributed by atoms with Crippen molar-refractivity contribution in [3.8, 4) is 0 Å². The van der Waals surface area contributed by atoms with Crippen molar-refractivity contribution in [2.75, 3.05) is 0 Å². The fraction of sp³-hybridized carbons (Fsp3) is 0.333. The topological polar surface area (TPSA) is 34.9 Å². The molecule has 0 N–H and O–H groups in total. The fourth-order valence-corrected chi connectivity index (χ4v) is 1.17. The van der Waals surface area contributed by atoms with E-state index in [1.54, 1.807) is 10.8 Å². The third kappa shape index (κ3) is 1.44. The van der Waals surface area contributed by atoms with E-state index in [0.717, 1.165) is 23.2 Å². The van der Waals surface area contributed by atoms with Crippen molar-refractivity contribution in [3.63, 3.8) is 0 Å². The highest BCUT2D eigenvalue weighted by molar-refractivity contribution is 5.74. The van der Waals surface area contributed by atoms with E-state index in [9.17, 15) is 4.79 Å². The zero-order valence-corrected chi connectivity index (χ0v) is 7.53. The van der Waals surface area contributed by atoms with Crippen LogP contribution in [-0.2, 0) is 11.8 Å². The van der Waals surface area contributed by atoms with Gasteiger partial charge in [0, 0.05) is 18.3 Å². The van der Waals surface area contributed by atoms with Crippen LogP contribution >= 0.6 is 0 Å². The van der Waals surface area contributed by atoms with E-state index in [0.29, 0.717) is 0 Å². The lowest BCUT2D eigenvalue weighted by molar-refractivity contribution is -0.104. The highest BCUT2D eigenvalue weighted by atomic mass is 16.1. The molecule has 0 saturated heterocycles. The predicted molar refractivity (Wildman–Crippen MR) is 47.8 cm³/mol. The summed E-state index contributed by atoms with van der Waals surface area (Å²) in [4.78, 5) is 10.1. The molecule has 1 aromatic rings. The van der Waals surface area contributed by atoms with Crippen LogP contribution in [0.2, 0.25) is 0 Å². The van der Waals surface area contributed by atoms with Crippen molar-refractivity contribution < 1.29 is 4.79 Å². The van der Waals surface area contributed by atoms with Gasteiger partial charge in [-0.2, -0.15) is 5.10 Å². The largest absolute Gasteiger partial charge is 0.299 e. The van der Waals surface area contributed by atoms with Gasteiger partial charge in [-0.3, -0.25) is 9.48 Å². The van der Waals surface area contributed by atoms with Gasteiger partial charge in [-0.25, -0.2) is 0 Å². The first-order valence-electron chi connectivity index (χ1n) is 3.79. The van der Waals surface area contributed by atoms with Gasteiger partial charge in [0.2, 0.25) is 0 Å². The number of nitrogens with zero attached hydrogens (tertiary/aromatic N) is 2. The number of allylic oxidation sites excluding steroid dienone is 1. The molecule has 0 aromatic carbocycles. The predicted octanol–water partition coefficient (Wildman–Crippen LogP) is 1.25. The van der Waals surface area contributed by atoms with E-state index in [-0.39, 0.29) is 0 Å². The molecule has 0 amide bonds. The van der Waals surface area contributed by atoms with E-state index < -0.39 is 0 Å². The average Bonchev–Trinajstić information content (AvgIpc) is 2.25. The first-order valence-corrected chi connectivity index (χ1v) is 3.79. The zero-order valence-electron chi connectivity index (χ0n) is 7.53. The number of hydrogen-bond acceptors (Lipinski definition) is 2. The number of aryl methyl sites for hydroxylation is 2. The van der Waals surface area contributed by atoms with Crippen LogP contribution in [0.3, 0.4) is 0 Å². The summed E-state index contributed by atoms with van der Waals surface area (Å²) in [6, 6.07) is 0. The normalized spacial score (nSPS) is 10.9. The van der Waals surface area contributed by atoms with Crippen molar-refractivity contribution in [2.24, 2.45) is 7.05 Å². The van der Waals surface area contributed by atoms with E-state index in [1.807, 2.05) is 20.9 Å². The maximum absolute atomic E-state index is 10.1. The molecule has 0 saturated carbocycles. The molecule has 3 nitrogen and oxygen atoms in total. The third-order valence-corrected chi connectivity index (χ3v) is 1.91. The van der Waals surface area contributed by atoms with Crippen molar-refractivity contribution in [1.29, 1.82) is 0 Å². The molecule has 1 aromatic heterocycles. The van der Waals surface area contributed by atoms with Gasteiger partial charge in [-0.1, -0.05) is 0 Å². The number of carbonyl (C=O) groups excluding carboxylic acids is 1. The molecular formula is C9H12N2O. The van der Waals surface area contributed by atoms with Crippen LogP contribution in [-0.4, -0.2) is 16.1 Å². The van der Waals surface area contributed by atoms with Crippen LogP contribution < -0.4 is 0 Å². The van der Waals surface area contributed by atoms with Gasteiger partial charge in [0.15, 0.2) is 0 Å². The second kappa shape index (κ2) is 3.34. The quantitative estimate of drug-likeness (QED) is 0.487. The molecule has 0 aliphatic heterocycles. The summed E-state index contributed by atoms with van der Waals surface area (Å²) in [5.74, 6) is 0. The summed E-state index contributed by atoms with van der Waals surface area (Å²) in [6.07, 6.45) is 4.04. The number of hydrogen-bond donors (Lipinski definition) is 0. The van der Waals surface area contributed by atoms with Crippen LogP contribution in [0.25, 0.3) is 6.08 Å². The smallest absolute Gasteiger partial charge is 0.142 e. The third-order valence-electron chi connectivity index (χ3n) is 1.91. The lowest BCUT2D eigenvalue weighted by Crippen LogP contribution is -1.92. The highest BCUT2D eigenvalue weighted by Gasteiger charge is 2.04. The Morgan fingerprint density at radius 1 is 1.42 bits per heavy atom. The standard InChI is InChI=1S/C9H12N2O/c1-7-9(5-4-6-12)8(2)11(3)10-7/h4-6H,1-3H3. The number of rotatable bonds is 2. The maximum atomic E-state index is 10.1. The summed E-state index contributed by atoms with van der Waals surface area (Å²) in [6.45, 7) is 3.90. The minimum atomic E-state index is 0.770. The molecule has 0 atom stereocenters. The van der Waals surface area contributed by atoms with Crippen molar-refractivity contribution in [1.82, 2.24) is 9.78 Å². The minimum absolute atomic E-state index is 0.770. The Balaban J connectivity index is 3.13. The van der Waals surface area contributed by atoms with E-state index in [2.05, 4.69) is 5.10 Å². The summed E-state index contributed by atoms with van der Waals surface area (Å²) >= 11 is 0. The molecule has 0 aliphatic carbocycles. The average molecular weight is 164 g/mol. The van der Waals surface area contributed by atoms with Crippen LogP contribution in [0.1, 0.15) is 17.0 Å². The van der Waals surface area contributed by atoms with Crippen LogP contribution in [0.15, 0.2) is 6.08 Å². The second-order valence-corrected chi connectivity index (χ2v) is 2.70. The Bertz CT molecular complexity index is 324. The van der Waals surface area contributed by atoms with Crippen LogP contribution in [0, 0.1) is 13.8 Å². The molecule has 0 radical (unpaired) electrons. The Labute approximate surface area is 71.7 Å². The highest BCUT2D eigenvalue weighted by Crippen LogP contribution is 2.12. The Morgan fingerprint density at radius 3 is 2.50 bits per heavy atom. The summed E-state index contributed by atoms with van der Waals surface area (Å²) in [7, 11) is 1.89. The summed E-state index contributed by atoms with van der Waals surface area (Å²) in [5, 5.41) is 4.21. The van der Waals surface area contributed by atoms with Crippen molar-refractivity contribution in [3.05, 3.63) is 23.0 Å². The molecule has 0 bridgehead atoms. The van der Waals surface area contributed by atoms with Gasteiger partial charge in [-0.05, 0) is 26.0 Å². The van der Waals surface area contributed by atoms with Gasteiger partial charge in [0.25, 0.3) is 0 Å². The van der Waals surface area contributed by atoms with Crippen molar-refractivity contribution in [2.45, 2.75) is 13.8 Å². The van der Waals surface area contributed by atoms with Gasteiger partial charge in [0.1, 0.15) is 6.29 Å². The molecule has 0 unspecified atom stereocenters. The first kappa shape index (κ1) is 8.71.